The fourth-order valence-electron chi connectivity index (χ4n) is 1.96. The van der Waals surface area contributed by atoms with Gasteiger partial charge in [0.05, 0.1) is 6.42 Å². The number of nitrogens with zero attached hydrogens (tertiary/aromatic N) is 2. The summed E-state index contributed by atoms with van der Waals surface area (Å²) in [4.78, 5) is 0. The Morgan fingerprint density at radius 1 is 1.42 bits per heavy atom. The average Bonchev–Trinajstić information content (AvgIpc) is 2.35. The van der Waals surface area contributed by atoms with E-state index in [-0.39, 0.29) is 12.5 Å². The van der Waals surface area contributed by atoms with Crippen LogP contribution in [-0.2, 0) is 10.2 Å². The number of hydrogen-bond donors (Lipinski definition) is 0. The van der Waals surface area contributed by atoms with E-state index in [0.717, 1.165) is 10.7 Å². The molecular weight excluding hydrogens is 305 g/mol. The number of rotatable bonds is 5. The molecule has 0 N–H and O–H groups in total. The van der Waals surface area contributed by atoms with E-state index in [9.17, 15) is 21.6 Å². The Labute approximate surface area is 116 Å². The van der Waals surface area contributed by atoms with Crippen molar-refractivity contribution >= 4 is 21.8 Å². The second-order valence-corrected chi connectivity index (χ2v) is 7.06. The first kappa shape index (κ1) is 17.0. The van der Waals surface area contributed by atoms with Gasteiger partial charge >= 0.3 is 6.18 Å². The van der Waals surface area contributed by atoms with Gasteiger partial charge in [-0.2, -0.15) is 30.2 Å². The first-order valence-electron chi connectivity index (χ1n) is 6.01. The number of piperidine rings is 1. The summed E-state index contributed by atoms with van der Waals surface area (Å²) in [6, 6.07) is 0. The molecule has 114 valence electrons. The Kier molecular flexibility index (Phi) is 5.91. The Balaban J connectivity index is 2.63. The maximum absolute atomic E-state index is 12.1. The lowest BCUT2D eigenvalue weighted by Crippen LogP contribution is -2.47. The maximum atomic E-state index is 12.1. The highest BCUT2D eigenvalue weighted by Gasteiger charge is 2.34. The summed E-state index contributed by atoms with van der Waals surface area (Å²) < 4.78 is 62.5. The zero-order chi connectivity index (χ0) is 14.7. The molecule has 0 aromatic carbocycles. The van der Waals surface area contributed by atoms with Gasteiger partial charge in [-0.05, 0) is 18.8 Å². The largest absolute Gasteiger partial charge is 0.390 e. The molecule has 1 fully saturated rings. The molecule has 0 aliphatic carbocycles. The smallest absolute Gasteiger partial charge is 0.195 e. The van der Waals surface area contributed by atoms with Crippen LogP contribution in [-0.4, -0.2) is 55.8 Å². The van der Waals surface area contributed by atoms with Crippen molar-refractivity contribution in [3.63, 3.8) is 0 Å². The summed E-state index contributed by atoms with van der Waals surface area (Å²) in [5, 5.41) is 0. The Hall–Kier alpha value is -0.0500. The van der Waals surface area contributed by atoms with Crippen LogP contribution in [0.1, 0.15) is 19.3 Å². The molecule has 9 heteroatoms. The first-order valence-corrected chi connectivity index (χ1v) is 7.94. The van der Waals surface area contributed by atoms with Crippen molar-refractivity contribution in [3.05, 3.63) is 0 Å². The summed E-state index contributed by atoms with van der Waals surface area (Å²) in [5.41, 5.74) is 0. The monoisotopic (exact) mass is 322 g/mol. The van der Waals surface area contributed by atoms with Gasteiger partial charge in [-0.3, -0.25) is 0 Å². The zero-order valence-electron chi connectivity index (χ0n) is 10.7. The van der Waals surface area contributed by atoms with Gasteiger partial charge in [0.15, 0.2) is 0 Å². The van der Waals surface area contributed by atoms with Crippen LogP contribution in [0.25, 0.3) is 0 Å². The summed E-state index contributed by atoms with van der Waals surface area (Å²) in [6.07, 6.45) is -3.97. The third kappa shape index (κ3) is 5.09. The molecule has 1 heterocycles. The van der Waals surface area contributed by atoms with Gasteiger partial charge in [0.2, 0.25) is 0 Å². The highest BCUT2D eigenvalue weighted by atomic mass is 35.5. The minimum absolute atomic E-state index is 0.0706. The molecule has 1 rings (SSSR count). The second-order valence-electron chi connectivity index (χ2n) is 4.72. The van der Waals surface area contributed by atoms with E-state index in [2.05, 4.69) is 0 Å². The third-order valence-corrected chi connectivity index (χ3v) is 5.52. The van der Waals surface area contributed by atoms with Crippen molar-refractivity contribution in [1.29, 1.82) is 0 Å². The van der Waals surface area contributed by atoms with Gasteiger partial charge in [-0.15, -0.1) is 11.6 Å². The van der Waals surface area contributed by atoms with E-state index in [1.54, 1.807) is 0 Å². The third-order valence-electron chi connectivity index (χ3n) is 3.13. The molecule has 1 saturated heterocycles. The average molecular weight is 323 g/mol. The van der Waals surface area contributed by atoms with Gasteiger partial charge in [0.1, 0.15) is 0 Å². The van der Waals surface area contributed by atoms with Crippen LogP contribution >= 0.6 is 11.6 Å². The summed E-state index contributed by atoms with van der Waals surface area (Å²) >= 11 is 5.71. The van der Waals surface area contributed by atoms with Gasteiger partial charge in [0.25, 0.3) is 10.2 Å². The van der Waals surface area contributed by atoms with Crippen LogP contribution in [0.2, 0.25) is 0 Å². The SMILES string of the molecule is CN(CCC(F)(F)F)S(=O)(=O)N1CCCC(CCl)C1. The lowest BCUT2D eigenvalue weighted by Gasteiger charge is -2.33. The fraction of sp³-hybridized carbons (Fsp3) is 1.00. The lowest BCUT2D eigenvalue weighted by molar-refractivity contribution is -0.135. The molecule has 0 amide bonds. The molecule has 0 saturated carbocycles. The second kappa shape index (κ2) is 6.60. The van der Waals surface area contributed by atoms with Crippen molar-refractivity contribution in [2.45, 2.75) is 25.4 Å². The van der Waals surface area contributed by atoms with Crippen molar-refractivity contribution in [2.75, 3.05) is 32.6 Å². The quantitative estimate of drug-likeness (QED) is 0.727. The highest BCUT2D eigenvalue weighted by Crippen LogP contribution is 2.24. The number of hydrogen-bond acceptors (Lipinski definition) is 2. The highest BCUT2D eigenvalue weighted by molar-refractivity contribution is 7.86. The molecule has 0 radical (unpaired) electrons. The predicted octanol–water partition coefficient (Wildman–Crippen LogP) is 2.07. The minimum atomic E-state index is -4.36. The molecule has 0 spiro atoms. The minimum Gasteiger partial charge on any atom is -0.195 e. The van der Waals surface area contributed by atoms with Gasteiger partial charge < -0.3 is 0 Å². The Bertz CT molecular complexity index is 389. The Morgan fingerprint density at radius 3 is 2.58 bits per heavy atom. The lowest BCUT2D eigenvalue weighted by atomic mass is 10.0. The van der Waals surface area contributed by atoms with E-state index in [1.807, 2.05) is 0 Å². The summed E-state index contributed by atoms with van der Waals surface area (Å²) in [6.45, 7) is 0.0577. The number of halogens is 4. The summed E-state index contributed by atoms with van der Waals surface area (Å²) in [5.74, 6) is 0.430. The van der Waals surface area contributed by atoms with E-state index in [0.29, 0.717) is 18.8 Å². The van der Waals surface area contributed by atoms with Crippen LogP contribution in [0.3, 0.4) is 0 Å². The van der Waals surface area contributed by atoms with Gasteiger partial charge in [0, 0.05) is 32.6 Å². The molecule has 1 atom stereocenters. The van der Waals surface area contributed by atoms with Crippen molar-refractivity contribution in [3.8, 4) is 0 Å². The molecule has 0 bridgehead atoms. The molecule has 0 aromatic heterocycles. The zero-order valence-corrected chi connectivity index (χ0v) is 12.2. The Morgan fingerprint density at radius 2 is 2.05 bits per heavy atom. The van der Waals surface area contributed by atoms with Crippen molar-refractivity contribution < 1.29 is 21.6 Å². The topological polar surface area (TPSA) is 40.6 Å². The van der Waals surface area contributed by atoms with E-state index in [4.69, 9.17) is 11.6 Å². The van der Waals surface area contributed by atoms with Crippen LogP contribution in [0.5, 0.6) is 0 Å². The van der Waals surface area contributed by atoms with E-state index in [1.165, 1.54) is 11.4 Å². The van der Waals surface area contributed by atoms with Gasteiger partial charge in [-0.1, -0.05) is 0 Å². The van der Waals surface area contributed by atoms with E-state index >= 15 is 0 Å². The number of alkyl halides is 4. The normalized spacial score (nSPS) is 22.9. The van der Waals surface area contributed by atoms with E-state index < -0.39 is 29.4 Å². The van der Waals surface area contributed by atoms with Crippen molar-refractivity contribution in [1.82, 2.24) is 8.61 Å². The maximum Gasteiger partial charge on any atom is 0.390 e. The fourth-order valence-corrected chi connectivity index (χ4v) is 3.69. The van der Waals surface area contributed by atoms with Crippen molar-refractivity contribution in [2.24, 2.45) is 5.92 Å². The van der Waals surface area contributed by atoms with Crippen LogP contribution < -0.4 is 0 Å². The standard InChI is InChI=1S/C10H18ClF3N2O2S/c1-15(6-4-10(12,13)14)19(17,18)16-5-2-3-9(7-11)8-16/h9H,2-8H2,1H3. The molecule has 0 aromatic rings. The molecule has 1 aliphatic rings. The summed E-state index contributed by atoms with van der Waals surface area (Å²) in [7, 11) is -2.65. The molecule has 19 heavy (non-hydrogen) atoms. The molecule has 1 unspecified atom stereocenters. The molecule has 4 nitrogen and oxygen atoms in total. The van der Waals surface area contributed by atoms with Crippen LogP contribution in [0.4, 0.5) is 13.2 Å². The van der Waals surface area contributed by atoms with Crippen LogP contribution in [0, 0.1) is 5.92 Å². The first-order chi connectivity index (χ1) is 8.66. The predicted molar refractivity (Wildman–Crippen MR) is 67.2 cm³/mol. The molecular formula is C10H18ClF3N2O2S. The van der Waals surface area contributed by atoms with Gasteiger partial charge in [-0.25, -0.2) is 0 Å². The molecule has 1 aliphatic heterocycles. The van der Waals surface area contributed by atoms with Crippen LogP contribution in [0.15, 0.2) is 0 Å².